The average Bonchev–Trinajstić information content (AvgIpc) is 2.79. The monoisotopic (exact) mass is 216 g/mol. The Balaban J connectivity index is 1.72. The first kappa shape index (κ1) is 9.85. The third-order valence-electron chi connectivity index (χ3n) is 3.76. The number of nitrogens with one attached hydrogen (secondary N) is 1. The van der Waals surface area contributed by atoms with Crippen LogP contribution >= 0.6 is 0 Å². The highest BCUT2D eigenvalue weighted by atomic mass is 16.2. The highest BCUT2D eigenvalue weighted by molar-refractivity contribution is 5.82. The molecule has 0 heterocycles. The Kier molecular flexibility index (Phi) is 2.04. The second-order valence-electron chi connectivity index (χ2n) is 4.92. The number of hydrogen-bond acceptors (Lipinski definition) is 2. The maximum absolute atomic E-state index is 11.5. The molecule has 0 saturated heterocycles. The zero-order valence-corrected chi connectivity index (χ0v) is 9.31. The van der Waals surface area contributed by atoms with Crippen LogP contribution < -0.4 is 11.1 Å². The molecule has 16 heavy (non-hydrogen) atoms. The lowest BCUT2D eigenvalue weighted by molar-refractivity contribution is -0.122. The summed E-state index contributed by atoms with van der Waals surface area (Å²) in [4.78, 5) is 11.5. The summed E-state index contributed by atoms with van der Waals surface area (Å²) in [5.41, 5.74) is 8.41. The highest BCUT2D eigenvalue weighted by Crippen LogP contribution is 2.56. The number of amides is 1. The molecule has 2 aliphatic carbocycles. The van der Waals surface area contributed by atoms with Gasteiger partial charge in [0.2, 0.25) is 5.91 Å². The Morgan fingerprint density at radius 2 is 2.25 bits per heavy atom. The number of fused-ring (bicyclic) bond motifs is 3. The van der Waals surface area contributed by atoms with Gasteiger partial charge in [-0.05, 0) is 30.4 Å². The van der Waals surface area contributed by atoms with Gasteiger partial charge in [-0.2, -0.15) is 0 Å². The predicted molar refractivity (Wildman–Crippen MR) is 62.0 cm³/mol. The van der Waals surface area contributed by atoms with Gasteiger partial charge in [0.15, 0.2) is 0 Å². The third kappa shape index (κ3) is 1.35. The molecule has 0 aliphatic heterocycles. The Hall–Kier alpha value is -1.35. The van der Waals surface area contributed by atoms with E-state index in [0.717, 1.165) is 6.42 Å². The van der Waals surface area contributed by atoms with Crippen LogP contribution in [0.2, 0.25) is 0 Å². The molecule has 1 aromatic carbocycles. The van der Waals surface area contributed by atoms with Gasteiger partial charge in [0.25, 0.3) is 0 Å². The van der Waals surface area contributed by atoms with Crippen molar-refractivity contribution < 1.29 is 4.79 Å². The summed E-state index contributed by atoms with van der Waals surface area (Å²) >= 11 is 0. The van der Waals surface area contributed by atoms with Crippen LogP contribution in [0, 0.1) is 5.92 Å². The van der Waals surface area contributed by atoms with Crippen LogP contribution in [0.15, 0.2) is 24.3 Å². The highest BCUT2D eigenvalue weighted by Gasteiger charge is 2.56. The minimum absolute atomic E-state index is 0.0307. The van der Waals surface area contributed by atoms with Gasteiger partial charge in [-0.15, -0.1) is 0 Å². The normalized spacial score (nSPS) is 31.5. The summed E-state index contributed by atoms with van der Waals surface area (Å²) in [6.07, 6.45) is 1.10. The lowest BCUT2D eigenvalue weighted by Crippen LogP contribution is -2.40. The minimum atomic E-state index is -0.406. The Morgan fingerprint density at radius 3 is 3.00 bits per heavy atom. The summed E-state index contributed by atoms with van der Waals surface area (Å²) in [7, 11) is 0. The SMILES string of the molecule is C[C@@H](N)C(=O)NC1C2Cc3ccccc3C21. The van der Waals surface area contributed by atoms with E-state index in [0.29, 0.717) is 17.9 Å². The van der Waals surface area contributed by atoms with Gasteiger partial charge >= 0.3 is 0 Å². The van der Waals surface area contributed by atoms with E-state index in [-0.39, 0.29) is 5.91 Å². The first-order valence-corrected chi connectivity index (χ1v) is 5.82. The number of nitrogens with two attached hydrogens (primary N) is 1. The maximum Gasteiger partial charge on any atom is 0.236 e. The van der Waals surface area contributed by atoms with Crippen LogP contribution in [0.3, 0.4) is 0 Å². The molecule has 3 heteroatoms. The zero-order valence-electron chi connectivity index (χ0n) is 9.31. The van der Waals surface area contributed by atoms with E-state index in [9.17, 15) is 4.79 Å². The number of benzene rings is 1. The average molecular weight is 216 g/mol. The molecule has 3 N–H and O–H groups in total. The largest absolute Gasteiger partial charge is 0.351 e. The fourth-order valence-corrected chi connectivity index (χ4v) is 2.84. The first-order chi connectivity index (χ1) is 7.68. The minimum Gasteiger partial charge on any atom is -0.351 e. The van der Waals surface area contributed by atoms with Crippen molar-refractivity contribution in [2.24, 2.45) is 11.7 Å². The molecule has 2 aliphatic rings. The summed E-state index contributed by atoms with van der Waals surface area (Å²) < 4.78 is 0. The molecule has 84 valence electrons. The van der Waals surface area contributed by atoms with E-state index < -0.39 is 6.04 Å². The van der Waals surface area contributed by atoms with Crippen LogP contribution in [0.4, 0.5) is 0 Å². The van der Waals surface area contributed by atoms with E-state index in [1.807, 2.05) is 0 Å². The van der Waals surface area contributed by atoms with E-state index in [1.165, 1.54) is 11.1 Å². The number of carbonyl (C=O) groups is 1. The van der Waals surface area contributed by atoms with E-state index in [1.54, 1.807) is 6.92 Å². The fraction of sp³-hybridized carbons (Fsp3) is 0.462. The molecule has 1 aromatic rings. The maximum atomic E-state index is 11.5. The van der Waals surface area contributed by atoms with Crippen molar-refractivity contribution in [3.8, 4) is 0 Å². The molecule has 0 bridgehead atoms. The van der Waals surface area contributed by atoms with Gasteiger partial charge < -0.3 is 11.1 Å². The molecule has 0 aromatic heterocycles. The van der Waals surface area contributed by atoms with Crippen molar-refractivity contribution in [1.29, 1.82) is 0 Å². The molecule has 4 atom stereocenters. The summed E-state index contributed by atoms with van der Waals surface area (Å²) in [5.74, 6) is 1.12. The number of rotatable bonds is 2. The Bertz CT molecular complexity index is 441. The first-order valence-electron chi connectivity index (χ1n) is 5.82. The molecule has 0 radical (unpaired) electrons. The molecule has 3 nitrogen and oxygen atoms in total. The second-order valence-corrected chi connectivity index (χ2v) is 4.92. The standard InChI is InChI=1S/C13H16N2O/c1-7(14)13(16)15-12-10-6-8-4-2-3-5-9(8)11(10)12/h2-5,7,10-12H,6,14H2,1H3,(H,15,16)/t7-,10?,11?,12?/m1/s1. The van der Waals surface area contributed by atoms with Crippen LogP contribution in [0.25, 0.3) is 0 Å². The number of carbonyl (C=O) groups excluding carboxylic acids is 1. The summed E-state index contributed by atoms with van der Waals surface area (Å²) in [6, 6.07) is 8.44. The molecule has 1 fully saturated rings. The zero-order chi connectivity index (χ0) is 11.3. The number of hydrogen-bond donors (Lipinski definition) is 2. The Morgan fingerprint density at radius 1 is 1.50 bits per heavy atom. The van der Waals surface area contributed by atoms with Crippen molar-refractivity contribution in [2.75, 3.05) is 0 Å². The second kappa shape index (κ2) is 3.32. The van der Waals surface area contributed by atoms with Crippen LogP contribution in [-0.4, -0.2) is 18.0 Å². The fourth-order valence-electron chi connectivity index (χ4n) is 2.84. The molecule has 3 rings (SSSR count). The molecular weight excluding hydrogens is 200 g/mol. The smallest absolute Gasteiger partial charge is 0.236 e. The van der Waals surface area contributed by atoms with Gasteiger partial charge in [-0.3, -0.25) is 4.79 Å². The van der Waals surface area contributed by atoms with Crippen molar-refractivity contribution in [3.05, 3.63) is 35.4 Å². The Labute approximate surface area is 95.0 Å². The third-order valence-corrected chi connectivity index (χ3v) is 3.76. The quantitative estimate of drug-likeness (QED) is 0.768. The van der Waals surface area contributed by atoms with E-state index >= 15 is 0 Å². The van der Waals surface area contributed by atoms with Gasteiger partial charge in [0, 0.05) is 12.0 Å². The van der Waals surface area contributed by atoms with Crippen molar-refractivity contribution in [1.82, 2.24) is 5.32 Å². The van der Waals surface area contributed by atoms with Gasteiger partial charge in [0.05, 0.1) is 6.04 Å². The van der Waals surface area contributed by atoms with Crippen molar-refractivity contribution >= 4 is 5.91 Å². The molecule has 1 amide bonds. The summed E-state index contributed by atoms with van der Waals surface area (Å²) in [6.45, 7) is 1.72. The van der Waals surface area contributed by atoms with Crippen LogP contribution in [0.1, 0.15) is 24.0 Å². The topological polar surface area (TPSA) is 55.1 Å². The van der Waals surface area contributed by atoms with Gasteiger partial charge in [-0.1, -0.05) is 24.3 Å². The lowest BCUT2D eigenvalue weighted by atomic mass is 10.1. The lowest BCUT2D eigenvalue weighted by Gasteiger charge is -2.11. The molecule has 3 unspecified atom stereocenters. The molecule has 0 spiro atoms. The predicted octanol–water partition coefficient (Wildman–Crippen LogP) is 0.788. The summed E-state index contributed by atoms with van der Waals surface area (Å²) in [5, 5.41) is 3.03. The van der Waals surface area contributed by atoms with E-state index in [2.05, 4.69) is 29.6 Å². The van der Waals surface area contributed by atoms with Crippen molar-refractivity contribution in [2.45, 2.75) is 31.3 Å². The van der Waals surface area contributed by atoms with E-state index in [4.69, 9.17) is 5.73 Å². The molecular formula is C13H16N2O. The van der Waals surface area contributed by atoms with Crippen molar-refractivity contribution in [3.63, 3.8) is 0 Å². The van der Waals surface area contributed by atoms with Gasteiger partial charge in [0.1, 0.15) is 0 Å². The van der Waals surface area contributed by atoms with Crippen LogP contribution in [0.5, 0.6) is 0 Å². The molecule has 1 saturated carbocycles. The van der Waals surface area contributed by atoms with Crippen LogP contribution in [-0.2, 0) is 11.2 Å². The van der Waals surface area contributed by atoms with Gasteiger partial charge in [-0.25, -0.2) is 0 Å².